The number of nitrogens with zero attached hydrogens (tertiary/aromatic N) is 4. The lowest BCUT2D eigenvalue weighted by Crippen LogP contribution is -2.46. The molecule has 0 saturated carbocycles. The number of fused-ring (bicyclic) bond motifs is 1. The first-order valence-corrected chi connectivity index (χ1v) is 9.06. The molecule has 1 saturated heterocycles. The third-order valence-corrected chi connectivity index (χ3v) is 4.54. The van der Waals surface area contributed by atoms with E-state index in [1.54, 1.807) is 7.11 Å². The van der Waals surface area contributed by atoms with Crippen molar-refractivity contribution in [3.63, 3.8) is 0 Å². The number of ether oxygens (including phenoxy) is 1. The van der Waals surface area contributed by atoms with Crippen molar-refractivity contribution >= 4 is 39.8 Å². The molecule has 0 spiro atoms. The molecular formula is C17H24Cl2N4O. The molecule has 1 fully saturated rings. The quantitative estimate of drug-likeness (QED) is 0.600. The Labute approximate surface area is 153 Å². The Morgan fingerprint density at radius 1 is 1.08 bits per heavy atom. The largest absolute Gasteiger partial charge is 0.495 e. The lowest BCUT2D eigenvalue weighted by atomic mass is 10.1. The highest BCUT2D eigenvalue weighted by Gasteiger charge is 2.20. The number of aromatic nitrogens is 2. The van der Waals surface area contributed by atoms with Crippen LogP contribution in [0.25, 0.3) is 10.9 Å². The Morgan fingerprint density at radius 3 is 2.33 bits per heavy atom. The number of hydrogen-bond acceptors (Lipinski definition) is 5. The fraction of sp³-hybridized carbons (Fsp3) is 0.529. The van der Waals surface area contributed by atoms with Gasteiger partial charge in [0.05, 0.1) is 18.3 Å². The van der Waals surface area contributed by atoms with Crippen LogP contribution in [-0.2, 0) is 0 Å². The molecule has 0 aliphatic carbocycles. The molecule has 0 bridgehead atoms. The fourth-order valence-corrected chi connectivity index (χ4v) is 3.25. The Bertz CT molecular complexity index is 688. The van der Waals surface area contributed by atoms with E-state index in [0.717, 1.165) is 49.5 Å². The van der Waals surface area contributed by atoms with Crippen LogP contribution in [0.1, 0.15) is 20.8 Å². The maximum Gasteiger partial charge on any atom is 0.224 e. The van der Waals surface area contributed by atoms with Crippen LogP contribution < -0.4 is 9.64 Å². The van der Waals surface area contributed by atoms with Crippen molar-refractivity contribution in [3.8, 4) is 5.75 Å². The molecule has 0 amide bonds. The van der Waals surface area contributed by atoms with Crippen molar-refractivity contribution in [3.05, 3.63) is 22.6 Å². The highest BCUT2D eigenvalue weighted by molar-refractivity contribution is 6.35. The minimum Gasteiger partial charge on any atom is -0.495 e. The van der Waals surface area contributed by atoms with Gasteiger partial charge in [-0.15, -0.1) is 0 Å². The standard InChI is InChI=1S/C15H18Cl2N4O.C2H6/c1-3-20-4-6-21(7-5-20)12-8-10-11(9-13(12)22-2)18-15(17)19-14(10)16;1-2/h8-9H,3-7H2,1-2H3;1-2H3. The SMILES string of the molecule is CC.CCN1CCN(c2cc3c(Cl)nc(Cl)nc3cc2OC)CC1. The molecule has 2 heterocycles. The van der Waals surface area contributed by atoms with Gasteiger partial charge in [0, 0.05) is 37.6 Å². The zero-order valence-corrected chi connectivity index (χ0v) is 16.2. The summed E-state index contributed by atoms with van der Waals surface area (Å²) >= 11 is 12.1. The minimum atomic E-state index is 0.142. The van der Waals surface area contributed by atoms with Gasteiger partial charge in [-0.1, -0.05) is 32.4 Å². The molecule has 1 aromatic heterocycles. The third-order valence-electron chi connectivity index (χ3n) is 4.08. The Morgan fingerprint density at radius 2 is 1.75 bits per heavy atom. The van der Waals surface area contributed by atoms with Gasteiger partial charge in [0.15, 0.2) is 0 Å². The fourth-order valence-electron chi connectivity index (χ4n) is 2.80. The summed E-state index contributed by atoms with van der Waals surface area (Å²) in [4.78, 5) is 13.0. The normalized spacial score (nSPS) is 15.2. The molecule has 0 atom stereocenters. The van der Waals surface area contributed by atoms with E-state index in [9.17, 15) is 0 Å². The summed E-state index contributed by atoms with van der Waals surface area (Å²) in [5.41, 5.74) is 1.72. The summed E-state index contributed by atoms with van der Waals surface area (Å²) in [6.45, 7) is 11.3. The number of likely N-dealkylation sites (N-methyl/N-ethyl adjacent to an activating group) is 1. The van der Waals surface area contributed by atoms with Crippen LogP contribution >= 0.6 is 23.2 Å². The van der Waals surface area contributed by atoms with Gasteiger partial charge in [0.2, 0.25) is 5.28 Å². The second kappa shape index (κ2) is 8.70. The molecule has 0 unspecified atom stereocenters. The average Bonchev–Trinajstić information content (AvgIpc) is 2.62. The number of halogens is 2. The Kier molecular flexibility index (Phi) is 6.90. The summed E-state index contributed by atoms with van der Waals surface area (Å²) in [5.74, 6) is 0.781. The van der Waals surface area contributed by atoms with Crippen LogP contribution in [0, 0.1) is 0 Å². The van der Waals surface area contributed by atoms with E-state index in [0.29, 0.717) is 10.7 Å². The predicted molar refractivity (Wildman–Crippen MR) is 102 cm³/mol. The minimum absolute atomic E-state index is 0.142. The Hall–Kier alpha value is -1.30. The van der Waals surface area contributed by atoms with E-state index < -0.39 is 0 Å². The van der Waals surface area contributed by atoms with Crippen LogP contribution in [-0.4, -0.2) is 54.7 Å². The molecule has 3 rings (SSSR count). The number of hydrogen-bond donors (Lipinski definition) is 0. The van der Waals surface area contributed by atoms with E-state index in [-0.39, 0.29) is 5.28 Å². The molecule has 132 valence electrons. The van der Waals surface area contributed by atoms with Crippen LogP contribution in [0.15, 0.2) is 12.1 Å². The first-order valence-electron chi connectivity index (χ1n) is 8.30. The summed E-state index contributed by atoms with van der Waals surface area (Å²) in [6.07, 6.45) is 0. The van der Waals surface area contributed by atoms with Gasteiger partial charge in [-0.05, 0) is 24.2 Å². The zero-order chi connectivity index (χ0) is 17.7. The topological polar surface area (TPSA) is 41.5 Å². The van der Waals surface area contributed by atoms with Gasteiger partial charge < -0.3 is 14.5 Å². The van der Waals surface area contributed by atoms with Gasteiger partial charge in [-0.25, -0.2) is 9.97 Å². The first-order chi connectivity index (χ1) is 11.6. The molecular weight excluding hydrogens is 347 g/mol. The highest BCUT2D eigenvalue weighted by atomic mass is 35.5. The van der Waals surface area contributed by atoms with Crippen molar-refractivity contribution in [1.82, 2.24) is 14.9 Å². The van der Waals surface area contributed by atoms with E-state index in [2.05, 4.69) is 26.7 Å². The van der Waals surface area contributed by atoms with Gasteiger partial charge in [-0.3, -0.25) is 0 Å². The van der Waals surface area contributed by atoms with Gasteiger partial charge in [0.25, 0.3) is 0 Å². The molecule has 0 N–H and O–H groups in total. The molecule has 5 nitrogen and oxygen atoms in total. The molecule has 1 aliphatic heterocycles. The van der Waals surface area contributed by atoms with Crippen molar-refractivity contribution in [2.45, 2.75) is 20.8 Å². The molecule has 0 radical (unpaired) electrons. The number of methoxy groups -OCH3 is 1. The van der Waals surface area contributed by atoms with Crippen molar-refractivity contribution in [1.29, 1.82) is 0 Å². The summed E-state index contributed by atoms with van der Waals surface area (Å²) in [5, 5.41) is 1.30. The van der Waals surface area contributed by atoms with E-state index >= 15 is 0 Å². The third kappa shape index (κ3) is 4.02. The monoisotopic (exact) mass is 370 g/mol. The maximum atomic E-state index is 6.21. The van der Waals surface area contributed by atoms with Crippen LogP contribution in [0.3, 0.4) is 0 Å². The summed E-state index contributed by atoms with van der Waals surface area (Å²) in [7, 11) is 1.66. The van der Waals surface area contributed by atoms with E-state index in [1.165, 1.54) is 0 Å². The average molecular weight is 371 g/mol. The second-order valence-corrected chi connectivity index (χ2v) is 5.94. The van der Waals surface area contributed by atoms with E-state index in [4.69, 9.17) is 27.9 Å². The predicted octanol–water partition coefficient (Wildman–Crippen LogP) is 4.11. The first kappa shape index (κ1) is 19.0. The van der Waals surface area contributed by atoms with Crippen molar-refractivity contribution < 1.29 is 4.74 Å². The number of rotatable bonds is 3. The molecule has 2 aromatic rings. The Balaban J connectivity index is 0.00000100. The lowest BCUT2D eigenvalue weighted by Gasteiger charge is -2.36. The maximum absolute atomic E-state index is 6.21. The zero-order valence-electron chi connectivity index (χ0n) is 14.6. The molecule has 24 heavy (non-hydrogen) atoms. The molecule has 1 aromatic carbocycles. The number of benzene rings is 1. The van der Waals surface area contributed by atoms with Gasteiger partial charge in [-0.2, -0.15) is 0 Å². The van der Waals surface area contributed by atoms with Crippen molar-refractivity contribution in [2.24, 2.45) is 0 Å². The van der Waals surface area contributed by atoms with Gasteiger partial charge >= 0.3 is 0 Å². The number of anilines is 1. The van der Waals surface area contributed by atoms with Crippen LogP contribution in [0.2, 0.25) is 10.4 Å². The summed E-state index contributed by atoms with van der Waals surface area (Å²) in [6, 6.07) is 3.87. The van der Waals surface area contributed by atoms with Gasteiger partial charge in [0.1, 0.15) is 10.9 Å². The van der Waals surface area contributed by atoms with Crippen LogP contribution in [0.5, 0.6) is 5.75 Å². The summed E-state index contributed by atoms with van der Waals surface area (Å²) < 4.78 is 5.54. The molecule has 7 heteroatoms. The van der Waals surface area contributed by atoms with Crippen molar-refractivity contribution in [2.75, 3.05) is 44.7 Å². The number of piperazine rings is 1. The van der Waals surface area contributed by atoms with E-state index in [1.807, 2.05) is 26.0 Å². The highest BCUT2D eigenvalue weighted by Crippen LogP contribution is 2.35. The lowest BCUT2D eigenvalue weighted by molar-refractivity contribution is 0.270. The molecule has 1 aliphatic rings. The second-order valence-electron chi connectivity index (χ2n) is 5.25. The smallest absolute Gasteiger partial charge is 0.224 e. The van der Waals surface area contributed by atoms with Crippen LogP contribution in [0.4, 0.5) is 5.69 Å².